The standard InChI is InChI=1S/5C22H19N3O4/c5*1-24-10-19(26)25-16(22(24)27)9-14-13-4-2-3-5-15(13)23-20(14)21(25)12-6-7-17-18(8-12)29-11-28-17/h5*2-8,16,21,23H,9-11H2,1H3/t5*16-,21?/m11111/s1/i1D3,2D,3D,4D,5D,6D,7D,8D,9D2,11D2;2D,3D,4D,5D,9D2,10D2;1D3,6D,7D,8D,9D2,11D2;9D2,10D2,11D2;9D2,10D2. The highest BCUT2D eigenvalue weighted by atomic mass is 16.7. The first-order chi connectivity index (χ1) is 87.1. The molecule has 35 nitrogen and oxygen atoms in total. The van der Waals surface area contributed by atoms with Crippen LogP contribution in [0, 0.1) is 0 Å². The second kappa shape index (κ2) is 33.9. The summed E-state index contributed by atoms with van der Waals surface area (Å²) in [5, 5.41) is 0.968. The van der Waals surface area contributed by atoms with Crippen LogP contribution in [0.4, 0.5) is 0 Å². The van der Waals surface area contributed by atoms with Gasteiger partial charge in [0, 0.05) is 172 Å². The summed E-state index contributed by atoms with van der Waals surface area (Å²) in [6, 6.07) is 10.2. The number of ether oxygens (including phenoxy) is 10. The van der Waals surface area contributed by atoms with Crippen molar-refractivity contribution in [2.45, 2.75) is 92.3 Å². The third kappa shape index (κ3) is 14.2. The predicted molar refractivity (Wildman–Crippen MR) is 523 cm³/mol. The summed E-state index contributed by atoms with van der Waals surface area (Å²) in [6.07, 6.45) is -12.8. The number of H-pyrrole nitrogens is 5. The molecule has 30 rings (SSSR count). The van der Waals surface area contributed by atoms with Gasteiger partial charge in [0.05, 0.1) is 90.2 Å². The van der Waals surface area contributed by atoms with Gasteiger partial charge >= 0.3 is 0 Å². The number of piperazine rings is 5. The van der Waals surface area contributed by atoms with Gasteiger partial charge in [-0.25, -0.2) is 0 Å². The van der Waals surface area contributed by atoms with Crippen LogP contribution in [-0.4, -0.2) is 265 Å². The first kappa shape index (κ1) is 54.0. The molecule has 5 saturated heterocycles. The van der Waals surface area contributed by atoms with Crippen LogP contribution in [0.5, 0.6) is 57.5 Å². The Kier molecular flexibility index (Phi) is 12.6. The fourth-order valence-electron chi connectivity index (χ4n) is 20.2. The molecule has 10 aromatic carbocycles. The van der Waals surface area contributed by atoms with E-state index in [2.05, 4.69) is 24.9 Å². The molecule has 15 aromatic rings. The SMILES string of the molecule is [2H]C1([2H])Oc2ccc(C3c4[nH]c5ccccc5c4C([2H])([2H])[C@@H]4C(=O)N(C)C([2H])([2H])C(=O)N34)cc2O1.[2H]C1([2H])c2c([nH]c3ccccc23)C(c2ccc3c(c2)OCO3)N2C(=O)C([2H])([2H])N(C)C(=O)[C@H]21.[2H]c1c([2H])c(C2c3[nH]c4c([2H])c([2H])c([2H])c([2H])c4c3C([2H])([2H])[C@@H]3C(=O)N(C([2H])([2H])[2H])CC(=O)N23)c([2H])c2c1OC([2H])([2H])O2.[2H]c1c([2H])c(C2c3[nH]c4ccccc4c3C([2H])([2H])[C@@H]3C(=O)N(C([2H])([2H])[2H])CC(=O)N23)c([2H])c2c1OC([2H])([2H])O2.[2H]c1c([2H])c([2H])c2c3c([nH]c2c1[2H])C(c1ccc2c(c1)OCO2)N1C(=O)C([2H])([2H])N(C)C(=O)[C@H]1C3([2H])[2H]. The van der Waals surface area contributed by atoms with Crippen molar-refractivity contribution in [1.82, 2.24) is 73.9 Å². The second-order valence-electron chi connectivity index (χ2n) is 34.8. The molecule has 145 heavy (non-hydrogen) atoms. The minimum Gasteiger partial charge on any atom is -0.454 e. The Labute approximate surface area is 885 Å². The molecule has 10 amide bonds. The first-order valence-electron chi connectivity index (χ1n) is 65.5. The summed E-state index contributed by atoms with van der Waals surface area (Å²) < 4.78 is 403. The molecule has 0 saturated carbocycles. The van der Waals surface area contributed by atoms with Gasteiger partial charge in [0.2, 0.25) is 92.9 Å². The zero-order valence-corrected chi connectivity index (χ0v) is 74.9. The minimum absolute atomic E-state index is 0.0172. The number of carbonyl (C=O) groups excluding carboxylic acids is 10. The van der Waals surface area contributed by atoms with Crippen molar-refractivity contribution in [2.75, 3.05) is 101 Å². The van der Waals surface area contributed by atoms with E-state index >= 15 is 0 Å². The van der Waals surface area contributed by atoms with Gasteiger partial charge < -0.3 is 121 Å². The molecular formula is C110H95N15O20. The van der Waals surface area contributed by atoms with Crippen molar-refractivity contribution in [2.24, 2.45) is 0 Å². The molecule has 15 aliphatic rings. The topological polar surface area (TPSA) is 374 Å². The molecule has 0 bridgehead atoms. The van der Waals surface area contributed by atoms with Gasteiger partial charge in [-0.1, -0.05) is 121 Å². The summed E-state index contributed by atoms with van der Waals surface area (Å²) in [7, 11) is 3.42. The molecular weight excluding hydrogens is 1850 g/mol. The number of likely N-dealkylation sites (N-methyl/N-ethyl adjacent to an activating group) is 5. The molecule has 5 unspecified atom stereocenters. The van der Waals surface area contributed by atoms with Crippen LogP contribution < -0.4 is 47.4 Å². The Balaban J connectivity index is 0.000000112. The number of hydrogen-bond acceptors (Lipinski definition) is 20. The Morgan fingerprint density at radius 3 is 0.931 bits per heavy atom. The number of nitrogens with one attached hydrogen (secondary N) is 5. The van der Waals surface area contributed by atoms with Crippen molar-refractivity contribution in [1.29, 1.82) is 0 Å². The third-order valence-electron chi connectivity index (χ3n) is 26.7. The molecule has 0 radical (unpaired) electrons. The lowest BCUT2D eigenvalue weighted by molar-refractivity contribution is -0.157. The largest absolute Gasteiger partial charge is 0.454 e. The summed E-state index contributed by atoms with van der Waals surface area (Å²) in [5.74, 6) is -10.6. The quantitative estimate of drug-likeness (QED) is 0.107. The number of benzene rings is 10. The molecule has 15 aliphatic heterocycles. The lowest BCUT2D eigenvalue weighted by Crippen LogP contribution is -2.62. The van der Waals surface area contributed by atoms with E-state index in [-0.39, 0.29) is 85.7 Å². The third-order valence-corrected chi connectivity index (χ3v) is 26.7. The fraction of sp³-hybridized carbons (Fsp3) is 0.273. The molecule has 20 heterocycles. The van der Waals surface area contributed by atoms with E-state index < -0.39 is 342 Å². The minimum atomic E-state index is -3.17. The maximum Gasteiger partial charge on any atom is 0.245 e. The van der Waals surface area contributed by atoms with Crippen molar-refractivity contribution in [3.05, 3.63) is 296 Å². The first-order valence-corrected chi connectivity index (χ1v) is 44.5. The number of fused-ring (bicyclic) bond motifs is 25. The highest BCUT2D eigenvalue weighted by molar-refractivity contribution is 6.03. The molecule has 35 heteroatoms. The number of para-hydroxylation sites is 5. The van der Waals surface area contributed by atoms with Crippen molar-refractivity contribution in [3.63, 3.8) is 0 Å². The van der Waals surface area contributed by atoms with Crippen molar-refractivity contribution < 1.29 is 153 Å². The van der Waals surface area contributed by atoms with E-state index in [1.165, 1.54) is 19.2 Å². The van der Waals surface area contributed by atoms with Gasteiger partial charge in [-0.15, -0.1) is 0 Å². The normalized spacial score (nSPS) is 31.0. The zero-order valence-electron chi connectivity index (χ0n) is 117. The molecule has 5 aromatic heterocycles. The van der Waals surface area contributed by atoms with Gasteiger partial charge in [0.25, 0.3) is 0 Å². The van der Waals surface area contributed by atoms with Crippen LogP contribution in [0.2, 0.25) is 0 Å². The number of hydrogen-bond donors (Lipinski definition) is 5. The number of aromatic amines is 5. The van der Waals surface area contributed by atoms with Crippen molar-refractivity contribution in [3.8, 4) is 57.5 Å². The molecule has 0 spiro atoms. The van der Waals surface area contributed by atoms with E-state index in [4.69, 9.17) is 105 Å². The molecule has 5 N–H and O–H groups in total. The van der Waals surface area contributed by atoms with Crippen molar-refractivity contribution >= 4 is 114 Å². The number of nitrogens with zero attached hydrogens (tertiary/aromatic N) is 10. The van der Waals surface area contributed by atoms with Crippen LogP contribution in [0.25, 0.3) is 54.5 Å². The van der Waals surface area contributed by atoms with Crippen LogP contribution in [0.3, 0.4) is 0 Å². The van der Waals surface area contributed by atoms with E-state index in [1.807, 2.05) is 6.07 Å². The van der Waals surface area contributed by atoms with Gasteiger partial charge in [-0.05, 0) is 146 Å². The zero-order chi connectivity index (χ0) is 135. The summed E-state index contributed by atoms with van der Waals surface area (Å²) in [4.78, 5) is 157. The average Bonchev–Trinajstić information content (AvgIpc) is 1.54. The lowest BCUT2D eigenvalue weighted by atomic mass is 9.86. The van der Waals surface area contributed by atoms with Crippen LogP contribution >= 0.6 is 0 Å². The number of rotatable bonds is 5. The monoisotopic (exact) mass is 1990 g/mol. The Bertz CT molecular complexity index is 10400. The maximum absolute atomic E-state index is 13.7. The highest BCUT2D eigenvalue weighted by Gasteiger charge is 2.55. The van der Waals surface area contributed by atoms with Gasteiger partial charge in [0.15, 0.2) is 57.5 Å². The molecule has 0 aliphatic carbocycles. The van der Waals surface area contributed by atoms with E-state index in [1.54, 1.807) is 109 Å². The predicted octanol–water partition coefficient (Wildman–Crippen LogP) is 11.1. The van der Waals surface area contributed by atoms with E-state index in [0.717, 1.165) is 33.7 Å². The van der Waals surface area contributed by atoms with Crippen LogP contribution in [0.15, 0.2) is 212 Å². The molecule has 10 atom stereocenters. The Morgan fingerprint density at radius 1 is 0.283 bits per heavy atom. The van der Waals surface area contributed by atoms with Crippen LogP contribution in [-0.2, 0) is 79.8 Å². The van der Waals surface area contributed by atoms with Gasteiger partial charge in [0.1, 0.15) is 38.4 Å². The smallest absolute Gasteiger partial charge is 0.245 e. The van der Waals surface area contributed by atoms with Crippen LogP contribution in [0.1, 0.15) is 172 Å². The average molecular weight is 1990 g/mol. The summed E-state index contributed by atoms with van der Waals surface area (Å²) in [6.45, 7) is -24.2. The van der Waals surface area contributed by atoms with E-state index in [0.29, 0.717) is 114 Å². The Morgan fingerprint density at radius 2 is 0.566 bits per heavy atom. The summed E-state index contributed by atoms with van der Waals surface area (Å²) >= 11 is 0. The number of carbonyl (C=O) groups is 10. The van der Waals surface area contributed by atoms with Gasteiger partial charge in [-0.3, -0.25) is 47.9 Å². The van der Waals surface area contributed by atoms with Gasteiger partial charge in [-0.2, -0.15) is 0 Å². The number of aromatic nitrogens is 5. The lowest BCUT2D eigenvalue weighted by Gasteiger charge is -2.46. The molecule has 5 fully saturated rings. The summed E-state index contributed by atoms with van der Waals surface area (Å²) in [5.41, 5.74) is 1.79. The maximum atomic E-state index is 13.7. The molecule has 730 valence electrons. The fourth-order valence-corrected chi connectivity index (χ4v) is 20.2. The Hall–Kier alpha value is -17.4. The second-order valence-corrected chi connectivity index (χ2v) is 34.8. The highest BCUT2D eigenvalue weighted by Crippen LogP contribution is 2.53. The van der Waals surface area contributed by atoms with E-state index in [9.17, 15) is 47.9 Å². The number of amides is 10.